The molecule has 3 rings (SSSR count). The third-order valence-electron chi connectivity index (χ3n) is 3.53. The van der Waals surface area contributed by atoms with Crippen LogP contribution in [-0.2, 0) is 0 Å². The first-order valence-electron chi connectivity index (χ1n) is 7.39. The van der Waals surface area contributed by atoms with Crippen molar-refractivity contribution in [2.75, 3.05) is 11.9 Å². The van der Waals surface area contributed by atoms with Gasteiger partial charge in [0.15, 0.2) is 0 Å². The Kier molecular flexibility index (Phi) is 4.79. The van der Waals surface area contributed by atoms with E-state index in [0.717, 1.165) is 17.8 Å². The number of hydrogen-bond donors (Lipinski definition) is 2. The summed E-state index contributed by atoms with van der Waals surface area (Å²) in [5.74, 6) is 3.57. The molecule has 1 fully saturated rings. The molecule has 1 saturated carbocycles. The highest BCUT2D eigenvalue weighted by Gasteiger charge is 2.34. The molecule has 23 heavy (non-hydrogen) atoms. The molecule has 2 amide bonds. The molecule has 0 saturated heterocycles. The zero-order valence-corrected chi connectivity index (χ0v) is 13.3. The van der Waals surface area contributed by atoms with Gasteiger partial charge in [-0.15, -0.1) is 17.8 Å². The average molecular weight is 327 g/mol. The van der Waals surface area contributed by atoms with Crippen LogP contribution in [0.15, 0.2) is 35.8 Å². The zero-order chi connectivity index (χ0) is 16.1. The quantitative estimate of drug-likeness (QED) is 0.799. The van der Waals surface area contributed by atoms with Crippen LogP contribution in [0.5, 0.6) is 5.75 Å². The molecule has 1 aromatic heterocycles. The molecule has 1 atom stereocenters. The van der Waals surface area contributed by atoms with Crippen LogP contribution in [0.25, 0.3) is 0 Å². The van der Waals surface area contributed by atoms with Crippen LogP contribution in [0, 0.1) is 18.3 Å². The Labute approximate surface area is 139 Å². The second-order valence-corrected chi connectivity index (χ2v) is 6.23. The molecule has 2 N–H and O–H groups in total. The van der Waals surface area contributed by atoms with E-state index in [4.69, 9.17) is 11.2 Å². The highest BCUT2D eigenvalue weighted by molar-refractivity contribution is 7.09. The predicted molar refractivity (Wildman–Crippen MR) is 90.5 cm³/mol. The number of anilines is 1. The minimum Gasteiger partial charge on any atom is -0.481 e. The second-order valence-electron chi connectivity index (χ2n) is 5.30. The van der Waals surface area contributed by atoms with Crippen molar-refractivity contribution in [2.45, 2.75) is 18.9 Å². The number of thiazole rings is 1. The van der Waals surface area contributed by atoms with Gasteiger partial charge < -0.3 is 15.4 Å². The number of carbonyl (C=O) groups excluding carboxylic acids is 1. The SMILES string of the molecule is C#CCOc1ccc(NC(=O)N[C@@H](c2nccs2)C2CC2)cc1. The number of benzene rings is 1. The number of rotatable bonds is 6. The molecule has 1 heterocycles. The molecule has 0 bridgehead atoms. The highest BCUT2D eigenvalue weighted by atomic mass is 32.1. The number of carbonyl (C=O) groups is 1. The molecule has 0 aliphatic heterocycles. The summed E-state index contributed by atoms with van der Waals surface area (Å²) in [6.45, 7) is 0.226. The smallest absolute Gasteiger partial charge is 0.319 e. The molecule has 118 valence electrons. The summed E-state index contributed by atoms with van der Waals surface area (Å²) < 4.78 is 5.30. The lowest BCUT2D eigenvalue weighted by Crippen LogP contribution is -2.33. The van der Waals surface area contributed by atoms with Crippen molar-refractivity contribution >= 4 is 23.1 Å². The summed E-state index contributed by atoms with van der Waals surface area (Å²) in [6, 6.07) is 6.86. The Hall–Kier alpha value is -2.52. The first-order valence-corrected chi connectivity index (χ1v) is 8.27. The van der Waals surface area contributed by atoms with Gasteiger partial charge in [0.25, 0.3) is 0 Å². The van der Waals surface area contributed by atoms with E-state index in [1.807, 2.05) is 5.38 Å². The van der Waals surface area contributed by atoms with Gasteiger partial charge in [-0.05, 0) is 43.0 Å². The van der Waals surface area contributed by atoms with Crippen LogP contribution in [0.4, 0.5) is 10.5 Å². The lowest BCUT2D eigenvalue weighted by Gasteiger charge is -2.16. The molecule has 0 spiro atoms. The van der Waals surface area contributed by atoms with Crippen LogP contribution >= 0.6 is 11.3 Å². The number of aromatic nitrogens is 1. The summed E-state index contributed by atoms with van der Waals surface area (Å²) in [5.41, 5.74) is 0.698. The van der Waals surface area contributed by atoms with Crippen molar-refractivity contribution in [3.63, 3.8) is 0 Å². The van der Waals surface area contributed by atoms with Crippen molar-refractivity contribution in [2.24, 2.45) is 5.92 Å². The Balaban J connectivity index is 1.57. The van der Waals surface area contributed by atoms with E-state index < -0.39 is 0 Å². The fourth-order valence-electron chi connectivity index (χ4n) is 2.27. The molecular weight excluding hydrogens is 310 g/mol. The number of nitrogens with one attached hydrogen (secondary N) is 2. The Morgan fingerprint density at radius 2 is 2.22 bits per heavy atom. The summed E-state index contributed by atoms with van der Waals surface area (Å²) in [4.78, 5) is 16.5. The second kappa shape index (κ2) is 7.16. The summed E-state index contributed by atoms with van der Waals surface area (Å²) in [5, 5.41) is 8.74. The maximum Gasteiger partial charge on any atom is 0.319 e. The van der Waals surface area contributed by atoms with Gasteiger partial charge in [0, 0.05) is 17.3 Å². The minimum absolute atomic E-state index is 0.00626. The van der Waals surface area contributed by atoms with Gasteiger partial charge in [-0.3, -0.25) is 0 Å². The summed E-state index contributed by atoms with van der Waals surface area (Å²) in [6.07, 6.45) is 9.17. The number of urea groups is 1. The number of nitrogens with zero attached hydrogens (tertiary/aromatic N) is 1. The van der Waals surface area contributed by atoms with E-state index in [2.05, 4.69) is 21.5 Å². The fourth-order valence-corrected chi connectivity index (χ4v) is 3.05. The molecule has 6 heteroatoms. The van der Waals surface area contributed by atoms with Crippen LogP contribution in [0.2, 0.25) is 0 Å². The standard InChI is InChI=1S/C17H17N3O2S/c1-2-10-22-14-7-5-13(6-8-14)19-17(21)20-15(12-3-4-12)16-18-9-11-23-16/h1,5-9,11-12,15H,3-4,10H2,(H2,19,20,21)/t15-/m1/s1. The lowest BCUT2D eigenvalue weighted by molar-refractivity contribution is 0.247. The first-order chi connectivity index (χ1) is 11.3. The monoisotopic (exact) mass is 327 g/mol. The summed E-state index contributed by atoms with van der Waals surface area (Å²) >= 11 is 1.57. The lowest BCUT2D eigenvalue weighted by atomic mass is 10.2. The van der Waals surface area contributed by atoms with Gasteiger partial charge in [-0.2, -0.15) is 0 Å². The van der Waals surface area contributed by atoms with E-state index in [0.29, 0.717) is 17.4 Å². The van der Waals surface area contributed by atoms with Crippen LogP contribution in [0.3, 0.4) is 0 Å². The van der Waals surface area contributed by atoms with Gasteiger partial charge in [0.1, 0.15) is 17.4 Å². The largest absolute Gasteiger partial charge is 0.481 e. The van der Waals surface area contributed by atoms with Gasteiger partial charge in [0.05, 0.1) is 6.04 Å². The Bertz CT molecular complexity index is 688. The molecule has 0 radical (unpaired) electrons. The van der Waals surface area contributed by atoms with Crippen molar-refractivity contribution in [1.29, 1.82) is 0 Å². The maximum absolute atomic E-state index is 12.2. The van der Waals surface area contributed by atoms with Gasteiger partial charge in [0.2, 0.25) is 0 Å². The van der Waals surface area contributed by atoms with Gasteiger partial charge in [-0.25, -0.2) is 9.78 Å². The van der Waals surface area contributed by atoms with Crippen molar-refractivity contribution in [3.05, 3.63) is 40.8 Å². The van der Waals surface area contributed by atoms with Crippen LogP contribution < -0.4 is 15.4 Å². The van der Waals surface area contributed by atoms with E-state index in [1.165, 1.54) is 0 Å². The highest BCUT2D eigenvalue weighted by Crippen LogP contribution is 2.41. The minimum atomic E-state index is -0.227. The molecule has 1 aromatic carbocycles. The van der Waals surface area contributed by atoms with Gasteiger partial charge >= 0.3 is 6.03 Å². The number of amides is 2. The third-order valence-corrected chi connectivity index (χ3v) is 4.39. The molecule has 1 aliphatic carbocycles. The molecule has 1 aliphatic rings. The average Bonchev–Trinajstić information content (AvgIpc) is 3.26. The number of hydrogen-bond acceptors (Lipinski definition) is 4. The number of terminal acetylenes is 1. The van der Waals surface area contributed by atoms with Crippen molar-refractivity contribution < 1.29 is 9.53 Å². The normalized spacial score (nSPS) is 14.6. The number of ether oxygens (including phenoxy) is 1. The van der Waals surface area contributed by atoms with E-state index in [1.54, 1.807) is 41.8 Å². The third kappa shape index (κ3) is 4.24. The van der Waals surface area contributed by atoms with Crippen molar-refractivity contribution in [3.8, 4) is 18.1 Å². The Morgan fingerprint density at radius 1 is 1.43 bits per heavy atom. The maximum atomic E-state index is 12.2. The van der Waals surface area contributed by atoms with Crippen molar-refractivity contribution in [1.82, 2.24) is 10.3 Å². The van der Waals surface area contributed by atoms with Crippen LogP contribution in [-0.4, -0.2) is 17.6 Å². The van der Waals surface area contributed by atoms with Gasteiger partial charge in [-0.1, -0.05) is 5.92 Å². The van der Waals surface area contributed by atoms with Crippen LogP contribution in [0.1, 0.15) is 23.9 Å². The molecule has 2 aromatic rings. The summed E-state index contributed by atoms with van der Waals surface area (Å²) in [7, 11) is 0. The van der Waals surface area contributed by atoms with E-state index in [-0.39, 0.29) is 18.7 Å². The zero-order valence-electron chi connectivity index (χ0n) is 12.5. The Morgan fingerprint density at radius 3 is 2.83 bits per heavy atom. The predicted octanol–water partition coefficient (Wildman–Crippen LogP) is 3.43. The molecule has 5 nitrogen and oxygen atoms in total. The molecular formula is C17H17N3O2S. The molecule has 0 unspecified atom stereocenters. The topological polar surface area (TPSA) is 63.2 Å². The van der Waals surface area contributed by atoms with E-state index >= 15 is 0 Å². The van der Waals surface area contributed by atoms with E-state index in [9.17, 15) is 4.79 Å². The first kappa shape index (κ1) is 15.4. The fraction of sp³-hybridized carbons (Fsp3) is 0.294.